The van der Waals surface area contributed by atoms with Crippen LogP contribution in [0.2, 0.25) is 0 Å². The number of anilines is 2. The first-order valence-corrected chi connectivity index (χ1v) is 13.5. The lowest BCUT2D eigenvalue weighted by atomic mass is 9.96. The van der Waals surface area contributed by atoms with Crippen LogP contribution in [0.4, 0.5) is 10.7 Å². The molecular formula is C28H28N6O3S. The average molecular weight is 529 g/mol. The Morgan fingerprint density at radius 3 is 2.63 bits per heavy atom. The van der Waals surface area contributed by atoms with Crippen molar-refractivity contribution >= 4 is 45.4 Å². The van der Waals surface area contributed by atoms with Crippen molar-refractivity contribution in [3.05, 3.63) is 82.5 Å². The second-order valence-corrected chi connectivity index (χ2v) is 10.4. The summed E-state index contributed by atoms with van der Waals surface area (Å²) in [5.74, 6) is -0.0640. The molecule has 1 unspecified atom stereocenters. The fraction of sp³-hybridized carbons (Fsp3) is 0.286. The van der Waals surface area contributed by atoms with Crippen molar-refractivity contribution in [3.63, 3.8) is 0 Å². The lowest BCUT2D eigenvalue weighted by Gasteiger charge is -2.27. The zero-order valence-corrected chi connectivity index (χ0v) is 21.5. The number of rotatable bonds is 5. The van der Waals surface area contributed by atoms with Crippen LogP contribution in [0, 0.1) is 5.41 Å². The van der Waals surface area contributed by atoms with E-state index in [0.717, 1.165) is 52.6 Å². The van der Waals surface area contributed by atoms with Crippen molar-refractivity contribution < 1.29 is 14.3 Å². The first-order chi connectivity index (χ1) is 18.6. The minimum absolute atomic E-state index is 0.180. The Kier molecular flexibility index (Phi) is 6.65. The SMILES string of the molecule is N=C(OC(N)=NC1C=C(c2ccccc2)c2ccccc2NC1=O)c1nc(C2CC2)sc1N1CCOCC1. The van der Waals surface area contributed by atoms with Gasteiger partial charge in [-0.25, -0.2) is 9.98 Å². The first kappa shape index (κ1) is 24.3. The summed E-state index contributed by atoms with van der Waals surface area (Å²) in [6, 6.07) is 16.2. The lowest BCUT2D eigenvalue weighted by molar-refractivity contribution is -0.116. The van der Waals surface area contributed by atoms with E-state index in [-0.39, 0.29) is 17.8 Å². The molecule has 38 heavy (non-hydrogen) atoms. The predicted molar refractivity (Wildman–Crippen MR) is 149 cm³/mol. The van der Waals surface area contributed by atoms with Crippen molar-refractivity contribution in [1.82, 2.24) is 4.98 Å². The number of fused-ring (bicyclic) bond motifs is 1. The second-order valence-electron chi connectivity index (χ2n) is 9.40. The maximum atomic E-state index is 13.1. The number of thiazole rings is 1. The van der Waals surface area contributed by atoms with Gasteiger partial charge in [0, 0.05) is 30.3 Å². The van der Waals surface area contributed by atoms with Crippen LogP contribution in [-0.2, 0) is 14.3 Å². The highest BCUT2D eigenvalue weighted by molar-refractivity contribution is 7.16. The smallest absolute Gasteiger partial charge is 0.290 e. The van der Waals surface area contributed by atoms with E-state index >= 15 is 0 Å². The van der Waals surface area contributed by atoms with Gasteiger partial charge in [-0.1, -0.05) is 48.5 Å². The molecule has 4 N–H and O–H groups in total. The molecule has 194 valence electrons. The van der Waals surface area contributed by atoms with Crippen LogP contribution in [0.5, 0.6) is 0 Å². The molecule has 3 heterocycles. The molecule has 0 spiro atoms. The van der Waals surface area contributed by atoms with E-state index in [1.807, 2.05) is 54.6 Å². The Balaban J connectivity index is 1.28. The Bertz CT molecular complexity index is 1420. The third-order valence-electron chi connectivity index (χ3n) is 6.69. The number of hydrogen-bond donors (Lipinski definition) is 3. The minimum atomic E-state index is -0.943. The summed E-state index contributed by atoms with van der Waals surface area (Å²) in [6.07, 6.45) is 4.01. The standard InChI is InChI=1S/C28H28N6O3S/c29-24(23-27(34-12-14-36-15-13-34)38-26(33-23)18-10-11-18)37-28(30)32-22-16-20(17-6-2-1-3-7-17)19-8-4-5-9-21(19)31-25(22)35/h1-9,16,18,22,29H,10-15H2,(H2,30,32)(H,31,35). The summed E-state index contributed by atoms with van der Waals surface area (Å²) >= 11 is 1.61. The van der Waals surface area contributed by atoms with Crippen molar-refractivity contribution in [3.8, 4) is 0 Å². The Morgan fingerprint density at radius 1 is 1.13 bits per heavy atom. The molecule has 3 aliphatic rings. The van der Waals surface area contributed by atoms with Gasteiger partial charge < -0.3 is 25.4 Å². The largest absolute Gasteiger partial charge is 0.405 e. The van der Waals surface area contributed by atoms with E-state index in [0.29, 0.717) is 30.5 Å². The summed E-state index contributed by atoms with van der Waals surface area (Å²) in [4.78, 5) is 24.4. The molecule has 0 bridgehead atoms. The molecule has 1 aromatic heterocycles. The normalized spacial score (nSPS) is 19.7. The molecule has 1 aliphatic carbocycles. The summed E-state index contributed by atoms with van der Waals surface area (Å²) in [6.45, 7) is 2.71. The van der Waals surface area contributed by atoms with Crippen LogP contribution in [0.3, 0.4) is 0 Å². The topological polar surface area (TPSA) is 126 Å². The zero-order valence-electron chi connectivity index (χ0n) is 20.7. The van der Waals surface area contributed by atoms with Crippen molar-refractivity contribution in [1.29, 1.82) is 5.41 Å². The first-order valence-electron chi connectivity index (χ1n) is 12.7. The maximum absolute atomic E-state index is 13.1. The third-order valence-corrected chi connectivity index (χ3v) is 7.97. The number of nitrogens with zero attached hydrogens (tertiary/aromatic N) is 3. The van der Waals surface area contributed by atoms with Crippen LogP contribution < -0.4 is 16.0 Å². The molecule has 1 saturated carbocycles. The predicted octanol–water partition coefficient (Wildman–Crippen LogP) is 3.97. The highest BCUT2D eigenvalue weighted by Crippen LogP contribution is 2.45. The minimum Gasteiger partial charge on any atom is -0.405 e. The zero-order chi connectivity index (χ0) is 26.1. The summed E-state index contributed by atoms with van der Waals surface area (Å²) in [7, 11) is 0. The van der Waals surface area contributed by atoms with E-state index < -0.39 is 6.04 Å². The van der Waals surface area contributed by atoms with Crippen LogP contribution in [0.25, 0.3) is 5.57 Å². The van der Waals surface area contributed by atoms with Gasteiger partial charge in [-0.3, -0.25) is 10.2 Å². The summed E-state index contributed by atoms with van der Waals surface area (Å²) in [5, 5.41) is 13.5. The molecule has 9 nitrogen and oxygen atoms in total. The van der Waals surface area contributed by atoms with Crippen LogP contribution in [-0.4, -0.2) is 55.2 Å². The van der Waals surface area contributed by atoms with Crippen molar-refractivity contribution in [2.45, 2.75) is 24.8 Å². The van der Waals surface area contributed by atoms with Gasteiger partial charge in [-0.15, -0.1) is 11.3 Å². The highest BCUT2D eigenvalue weighted by Gasteiger charge is 2.32. The van der Waals surface area contributed by atoms with Crippen LogP contribution in [0.1, 0.15) is 40.6 Å². The number of aromatic nitrogens is 1. The fourth-order valence-electron chi connectivity index (χ4n) is 4.60. The van der Waals surface area contributed by atoms with Gasteiger partial charge in [0.1, 0.15) is 5.00 Å². The molecule has 10 heteroatoms. The number of aliphatic imine (C=N–C) groups is 1. The van der Waals surface area contributed by atoms with Crippen molar-refractivity contribution in [2.75, 3.05) is 36.5 Å². The summed E-state index contributed by atoms with van der Waals surface area (Å²) in [5.41, 5.74) is 10.0. The van der Waals surface area contributed by atoms with Crippen LogP contribution in [0.15, 0.2) is 65.7 Å². The van der Waals surface area contributed by atoms with Gasteiger partial charge in [0.2, 0.25) is 5.90 Å². The Hall–Kier alpha value is -4.02. The Morgan fingerprint density at radius 2 is 1.87 bits per heavy atom. The number of morpholine rings is 1. The molecule has 6 rings (SSSR count). The third kappa shape index (κ3) is 5.05. The molecule has 1 atom stereocenters. The van der Waals surface area contributed by atoms with Gasteiger partial charge in [0.05, 0.1) is 18.2 Å². The summed E-state index contributed by atoms with van der Waals surface area (Å²) < 4.78 is 11.2. The number of para-hydroxylation sites is 1. The van der Waals surface area contributed by atoms with Gasteiger partial charge >= 0.3 is 0 Å². The maximum Gasteiger partial charge on any atom is 0.290 e. The molecule has 0 radical (unpaired) electrons. The molecule has 3 aromatic rings. The van der Waals surface area contributed by atoms with Gasteiger partial charge in [-0.05, 0) is 36.1 Å². The van der Waals surface area contributed by atoms with Crippen LogP contribution >= 0.6 is 11.3 Å². The monoisotopic (exact) mass is 528 g/mol. The van der Waals surface area contributed by atoms with E-state index in [9.17, 15) is 4.79 Å². The van der Waals surface area contributed by atoms with E-state index in [2.05, 4.69) is 15.2 Å². The molecule has 2 aliphatic heterocycles. The number of carbonyl (C=O) groups is 1. The number of amidine groups is 1. The highest BCUT2D eigenvalue weighted by atomic mass is 32.1. The molecule has 2 fully saturated rings. The fourth-order valence-corrected chi connectivity index (χ4v) is 5.88. The number of benzene rings is 2. The van der Waals surface area contributed by atoms with Gasteiger partial charge in [-0.2, -0.15) is 0 Å². The quantitative estimate of drug-likeness (QED) is 0.340. The van der Waals surface area contributed by atoms with Crippen molar-refractivity contribution in [2.24, 2.45) is 10.7 Å². The van der Waals surface area contributed by atoms with E-state index in [1.165, 1.54) is 0 Å². The number of ether oxygens (including phenoxy) is 2. The van der Waals surface area contributed by atoms with Gasteiger partial charge in [0.25, 0.3) is 11.9 Å². The number of nitrogens with two attached hydrogens (primary N) is 1. The second kappa shape index (κ2) is 10.4. The number of amides is 1. The van der Waals surface area contributed by atoms with E-state index in [1.54, 1.807) is 17.4 Å². The molecule has 1 amide bonds. The Labute approximate surface area is 224 Å². The lowest BCUT2D eigenvalue weighted by Crippen LogP contribution is -2.37. The van der Waals surface area contributed by atoms with Gasteiger partial charge in [0.15, 0.2) is 11.7 Å². The molecular weight excluding hydrogens is 500 g/mol. The molecule has 2 aromatic carbocycles. The average Bonchev–Trinajstić information content (AvgIpc) is 3.71. The molecule has 1 saturated heterocycles. The van der Waals surface area contributed by atoms with E-state index in [4.69, 9.17) is 25.6 Å². The number of carbonyl (C=O) groups excluding carboxylic acids is 1. The number of hydrogen-bond acceptors (Lipinski definition) is 8. The number of nitrogens with one attached hydrogen (secondary N) is 2.